The van der Waals surface area contributed by atoms with Crippen molar-refractivity contribution in [3.63, 3.8) is 0 Å². The Hall–Kier alpha value is -0.730. The minimum absolute atomic E-state index is 0.727. The van der Waals surface area contributed by atoms with Gasteiger partial charge in [0.1, 0.15) is 5.75 Å². The fourth-order valence-corrected chi connectivity index (χ4v) is 2.09. The molecule has 14 heavy (non-hydrogen) atoms. The highest BCUT2D eigenvalue weighted by Crippen LogP contribution is 2.34. The van der Waals surface area contributed by atoms with Crippen molar-refractivity contribution in [3.8, 4) is 5.75 Å². The molecule has 0 aliphatic carbocycles. The Morgan fingerprint density at radius 3 is 3.07 bits per heavy atom. The number of rotatable bonds is 3. The van der Waals surface area contributed by atoms with E-state index in [4.69, 9.17) is 22.1 Å². The van der Waals surface area contributed by atoms with Crippen molar-refractivity contribution in [2.24, 2.45) is 5.73 Å². The second-order valence-corrected chi connectivity index (χ2v) is 3.96. The zero-order valence-electron chi connectivity index (χ0n) is 8.05. The Kier molecular flexibility index (Phi) is 2.94. The molecule has 1 aliphatic heterocycles. The topological polar surface area (TPSA) is 35.2 Å². The summed E-state index contributed by atoms with van der Waals surface area (Å²) in [6.45, 7) is 1.49. The lowest BCUT2D eigenvalue weighted by atomic mass is 10.0. The highest BCUT2D eigenvalue weighted by Gasteiger charge is 2.16. The van der Waals surface area contributed by atoms with Crippen LogP contribution < -0.4 is 10.5 Å². The molecule has 1 aromatic rings. The van der Waals surface area contributed by atoms with E-state index in [1.807, 2.05) is 6.07 Å². The van der Waals surface area contributed by atoms with Gasteiger partial charge in [-0.3, -0.25) is 0 Å². The summed E-state index contributed by atoms with van der Waals surface area (Å²) >= 11 is 6.10. The van der Waals surface area contributed by atoms with Gasteiger partial charge in [0.15, 0.2) is 0 Å². The largest absolute Gasteiger partial charge is 0.491 e. The van der Waals surface area contributed by atoms with E-state index in [-0.39, 0.29) is 0 Å². The van der Waals surface area contributed by atoms with Crippen LogP contribution in [-0.4, -0.2) is 13.2 Å². The molecule has 3 heteroatoms. The third-order valence-electron chi connectivity index (χ3n) is 2.47. The van der Waals surface area contributed by atoms with Gasteiger partial charge >= 0.3 is 0 Å². The van der Waals surface area contributed by atoms with Crippen LogP contribution >= 0.6 is 11.6 Å². The third kappa shape index (κ3) is 1.86. The third-order valence-corrected chi connectivity index (χ3v) is 2.75. The predicted octanol–water partition coefficient (Wildman–Crippen LogP) is 2.17. The lowest BCUT2D eigenvalue weighted by Gasteiger charge is -2.05. The van der Waals surface area contributed by atoms with E-state index in [0.717, 1.165) is 43.2 Å². The van der Waals surface area contributed by atoms with E-state index < -0.39 is 0 Å². The number of nitrogens with two attached hydrogens (primary N) is 1. The molecule has 1 aliphatic rings. The normalized spacial score (nSPS) is 13.9. The molecule has 2 nitrogen and oxygen atoms in total. The van der Waals surface area contributed by atoms with Crippen LogP contribution in [0.4, 0.5) is 0 Å². The van der Waals surface area contributed by atoms with Gasteiger partial charge in [0.25, 0.3) is 0 Å². The average Bonchev–Trinajstić information content (AvgIpc) is 2.63. The minimum Gasteiger partial charge on any atom is -0.491 e. The number of halogens is 1. The van der Waals surface area contributed by atoms with Crippen LogP contribution in [0.25, 0.3) is 0 Å². The lowest BCUT2D eigenvalue weighted by molar-refractivity contribution is 0.357. The second-order valence-electron chi connectivity index (χ2n) is 3.56. The summed E-state index contributed by atoms with van der Waals surface area (Å²) in [6.07, 6.45) is 2.99. The molecule has 1 aromatic carbocycles. The van der Waals surface area contributed by atoms with Gasteiger partial charge in [0.2, 0.25) is 0 Å². The fraction of sp³-hybridized carbons (Fsp3) is 0.455. The van der Waals surface area contributed by atoms with Crippen molar-refractivity contribution >= 4 is 11.6 Å². The fourth-order valence-electron chi connectivity index (χ4n) is 1.77. The summed E-state index contributed by atoms with van der Waals surface area (Å²) in [5, 5.41) is 0.743. The summed E-state index contributed by atoms with van der Waals surface area (Å²) in [4.78, 5) is 0. The van der Waals surface area contributed by atoms with E-state index in [2.05, 4.69) is 6.07 Å². The van der Waals surface area contributed by atoms with Crippen LogP contribution in [0, 0.1) is 0 Å². The predicted molar refractivity (Wildman–Crippen MR) is 58.0 cm³/mol. The van der Waals surface area contributed by atoms with Crippen LogP contribution in [-0.2, 0) is 12.8 Å². The molecule has 0 amide bonds. The minimum atomic E-state index is 0.727. The Labute approximate surface area is 89.0 Å². The van der Waals surface area contributed by atoms with Crippen LogP contribution in [0.1, 0.15) is 17.5 Å². The van der Waals surface area contributed by atoms with Crippen molar-refractivity contribution in [1.29, 1.82) is 0 Å². The van der Waals surface area contributed by atoms with Gasteiger partial charge in [-0.2, -0.15) is 0 Å². The number of ether oxygens (including phenoxy) is 1. The number of hydrogen-bond acceptors (Lipinski definition) is 2. The van der Waals surface area contributed by atoms with Crippen molar-refractivity contribution in [1.82, 2.24) is 0 Å². The molecule has 0 fully saturated rings. The molecular formula is C11H14ClNO. The van der Waals surface area contributed by atoms with Crippen LogP contribution in [0.3, 0.4) is 0 Å². The Balaban J connectivity index is 2.23. The lowest BCUT2D eigenvalue weighted by Crippen LogP contribution is -2.00. The summed E-state index contributed by atoms with van der Waals surface area (Å²) in [5.74, 6) is 0.878. The van der Waals surface area contributed by atoms with E-state index in [1.54, 1.807) is 0 Å². The van der Waals surface area contributed by atoms with Crippen LogP contribution in [0.15, 0.2) is 12.1 Å². The van der Waals surface area contributed by atoms with E-state index >= 15 is 0 Å². The molecule has 76 valence electrons. The smallest absolute Gasteiger partial charge is 0.141 e. The molecule has 0 saturated heterocycles. The first-order valence-corrected chi connectivity index (χ1v) is 5.33. The Bertz CT molecular complexity index is 338. The summed E-state index contributed by atoms with van der Waals surface area (Å²) < 4.78 is 5.43. The number of benzene rings is 1. The molecule has 0 saturated carbocycles. The molecule has 2 rings (SSSR count). The van der Waals surface area contributed by atoms with Gasteiger partial charge in [-0.25, -0.2) is 0 Å². The molecule has 2 N–H and O–H groups in total. The van der Waals surface area contributed by atoms with Crippen LogP contribution in [0.5, 0.6) is 5.75 Å². The molecule has 0 spiro atoms. The van der Waals surface area contributed by atoms with Gasteiger partial charge in [0, 0.05) is 6.42 Å². The number of aryl methyl sites for hydroxylation is 1. The molecule has 0 unspecified atom stereocenters. The highest BCUT2D eigenvalue weighted by atomic mass is 35.5. The van der Waals surface area contributed by atoms with Gasteiger partial charge in [-0.15, -0.1) is 0 Å². The van der Waals surface area contributed by atoms with Crippen molar-refractivity contribution in [2.75, 3.05) is 13.2 Å². The highest BCUT2D eigenvalue weighted by molar-refractivity contribution is 6.32. The van der Waals surface area contributed by atoms with Crippen molar-refractivity contribution in [3.05, 3.63) is 28.3 Å². The van der Waals surface area contributed by atoms with E-state index in [0.29, 0.717) is 0 Å². The monoisotopic (exact) mass is 211 g/mol. The number of fused-ring (bicyclic) bond motifs is 1. The van der Waals surface area contributed by atoms with Crippen LogP contribution in [0.2, 0.25) is 5.02 Å². The summed E-state index contributed by atoms with van der Waals surface area (Å²) in [7, 11) is 0. The second kappa shape index (κ2) is 4.20. The first kappa shape index (κ1) is 9.81. The van der Waals surface area contributed by atoms with Crippen molar-refractivity contribution < 1.29 is 4.74 Å². The summed E-state index contributed by atoms with van der Waals surface area (Å²) in [6, 6.07) is 4.17. The van der Waals surface area contributed by atoms with Gasteiger partial charge < -0.3 is 10.5 Å². The molecule has 0 aromatic heterocycles. The Morgan fingerprint density at radius 2 is 2.29 bits per heavy atom. The van der Waals surface area contributed by atoms with E-state index in [1.165, 1.54) is 11.1 Å². The van der Waals surface area contributed by atoms with Gasteiger partial charge in [-0.05, 0) is 36.6 Å². The molecule has 0 radical (unpaired) electrons. The quantitative estimate of drug-likeness (QED) is 0.832. The first-order chi connectivity index (χ1) is 6.81. The maximum absolute atomic E-state index is 6.10. The maximum Gasteiger partial charge on any atom is 0.141 e. The summed E-state index contributed by atoms with van der Waals surface area (Å²) in [5.41, 5.74) is 7.98. The zero-order chi connectivity index (χ0) is 9.97. The molecule has 0 bridgehead atoms. The molecular weight excluding hydrogens is 198 g/mol. The van der Waals surface area contributed by atoms with Gasteiger partial charge in [-0.1, -0.05) is 17.7 Å². The molecule has 1 heterocycles. The molecule has 0 atom stereocenters. The zero-order valence-corrected chi connectivity index (χ0v) is 8.81. The van der Waals surface area contributed by atoms with Gasteiger partial charge in [0.05, 0.1) is 11.6 Å². The maximum atomic E-state index is 6.10. The average molecular weight is 212 g/mol. The van der Waals surface area contributed by atoms with Crippen molar-refractivity contribution in [2.45, 2.75) is 19.3 Å². The standard InChI is InChI=1S/C11H14ClNO/c12-10-7-8(2-1-4-13)6-9-3-5-14-11(9)10/h6-7H,1-5,13H2. The van der Waals surface area contributed by atoms with E-state index in [9.17, 15) is 0 Å². The SMILES string of the molecule is NCCCc1cc(Cl)c2c(c1)CCO2. The first-order valence-electron chi connectivity index (χ1n) is 4.95. The Morgan fingerprint density at radius 1 is 1.43 bits per heavy atom. The number of hydrogen-bond donors (Lipinski definition) is 1.